The lowest BCUT2D eigenvalue weighted by atomic mass is 9.98. The van der Waals surface area contributed by atoms with E-state index in [0.717, 1.165) is 28.5 Å². The maximum Gasteiger partial charge on any atom is 0.332 e. The molecule has 8 heteroatoms. The highest BCUT2D eigenvalue weighted by Crippen LogP contribution is 2.32. The number of rotatable bonds is 6. The predicted octanol–water partition coefficient (Wildman–Crippen LogP) is 2.03. The van der Waals surface area contributed by atoms with Gasteiger partial charge in [0.2, 0.25) is 11.8 Å². The lowest BCUT2D eigenvalue weighted by molar-refractivity contribution is -0.122. The van der Waals surface area contributed by atoms with Crippen molar-refractivity contribution < 1.29 is 9.59 Å². The van der Waals surface area contributed by atoms with Gasteiger partial charge in [-0.3, -0.25) is 23.5 Å². The van der Waals surface area contributed by atoms with Crippen LogP contribution in [0.25, 0.3) is 0 Å². The van der Waals surface area contributed by atoms with E-state index in [1.54, 1.807) is 0 Å². The van der Waals surface area contributed by atoms with Crippen LogP contribution in [0, 0.1) is 13.8 Å². The first kappa shape index (κ1) is 20.6. The van der Waals surface area contributed by atoms with Crippen LogP contribution in [0.4, 0.5) is 11.5 Å². The Kier molecular flexibility index (Phi) is 5.72. The van der Waals surface area contributed by atoms with E-state index in [2.05, 4.69) is 10.6 Å². The number of hydrogen-bond donors (Lipinski definition) is 2. The number of aryl methyl sites for hydroxylation is 2. The van der Waals surface area contributed by atoms with Gasteiger partial charge in [0.1, 0.15) is 5.82 Å². The quantitative estimate of drug-likeness (QED) is 0.777. The summed E-state index contributed by atoms with van der Waals surface area (Å²) >= 11 is 0. The summed E-state index contributed by atoms with van der Waals surface area (Å²) in [6.45, 7) is 6.24. The molecular weight excluding hydrogens is 372 g/mol. The Morgan fingerprint density at radius 1 is 1.21 bits per heavy atom. The van der Waals surface area contributed by atoms with Crippen LogP contribution in [0.5, 0.6) is 0 Å². The topological polar surface area (TPSA) is 102 Å². The minimum atomic E-state index is -0.928. The van der Waals surface area contributed by atoms with E-state index >= 15 is 0 Å². The summed E-state index contributed by atoms with van der Waals surface area (Å²) < 4.78 is 2.42. The fourth-order valence-corrected chi connectivity index (χ4v) is 3.63. The lowest BCUT2D eigenvalue weighted by Crippen LogP contribution is -2.40. The molecule has 2 amide bonds. The van der Waals surface area contributed by atoms with Crippen LogP contribution in [0.1, 0.15) is 48.8 Å². The molecule has 2 aromatic rings. The standard InChI is InChI=1S/C21H26N4O4/c1-5-6-9-25-18-17(20(28)24(4)21(25)29)14(19(27)23-18)11-16(26)22-15-8-7-12(2)10-13(15)3/h7-8,10,14H,5-6,9,11H2,1-4H3,(H,22,26)(H,23,27)/t14-/m0/s1. The molecule has 1 atom stereocenters. The van der Waals surface area contributed by atoms with Crippen molar-refractivity contribution in [2.75, 3.05) is 10.6 Å². The summed E-state index contributed by atoms with van der Waals surface area (Å²) in [5.74, 6) is -1.51. The summed E-state index contributed by atoms with van der Waals surface area (Å²) in [5.41, 5.74) is 1.84. The molecule has 2 heterocycles. The number of carbonyl (C=O) groups excluding carboxylic acids is 2. The van der Waals surface area contributed by atoms with Crippen molar-refractivity contribution >= 4 is 23.3 Å². The van der Waals surface area contributed by atoms with Crippen molar-refractivity contribution in [3.05, 3.63) is 55.7 Å². The molecule has 0 radical (unpaired) electrons. The first-order valence-electron chi connectivity index (χ1n) is 9.76. The molecule has 3 rings (SSSR count). The largest absolute Gasteiger partial charge is 0.332 e. The third-order valence-electron chi connectivity index (χ3n) is 5.27. The van der Waals surface area contributed by atoms with E-state index in [1.807, 2.05) is 39.0 Å². The summed E-state index contributed by atoms with van der Waals surface area (Å²) in [4.78, 5) is 50.4. The molecule has 0 fully saturated rings. The molecule has 1 aromatic heterocycles. The maximum atomic E-state index is 12.7. The van der Waals surface area contributed by atoms with Gasteiger partial charge in [0.05, 0.1) is 11.5 Å². The van der Waals surface area contributed by atoms with Crippen molar-refractivity contribution in [1.82, 2.24) is 9.13 Å². The van der Waals surface area contributed by atoms with Gasteiger partial charge in [-0.1, -0.05) is 31.0 Å². The smallest absolute Gasteiger partial charge is 0.326 e. The molecule has 0 saturated heterocycles. The van der Waals surface area contributed by atoms with Crippen LogP contribution in [0.2, 0.25) is 0 Å². The second-order valence-corrected chi connectivity index (χ2v) is 7.53. The summed E-state index contributed by atoms with van der Waals surface area (Å²) in [6, 6.07) is 5.66. The third kappa shape index (κ3) is 3.87. The number of hydrogen-bond acceptors (Lipinski definition) is 4. The van der Waals surface area contributed by atoms with Crippen molar-refractivity contribution in [3.8, 4) is 0 Å². The SMILES string of the molecule is CCCCn1c2c(c(=O)n(C)c1=O)[C@H](CC(=O)Nc1ccc(C)cc1C)C(=O)N2. The molecule has 1 aromatic carbocycles. The Labute approximate surface area is 168 Å². The summed E-state index contributed by atoms with van der Waals surface area (Å²) in [6.07, 6.45) is 1.42. The van der Waals surface area contributed by atoms with Gasteiger partial charge in [0.15, 0.2) is 0 Å². The Bertz CT molecular complexity index is 1100. The zero-order valence-corrected chi connectivity index (χ0v) is 17.2. The van der Waals surface area contributed by atoms with Crippen molar-refractivity contribution in [2.45, 2.75) is 52.5 Å². The van der Waals surface area contributed by atoms with Gasteiger partial charge >= 0.3 is 5.69 Å². The normalized spacial score (nSPS) is 15.2. The highest BCUT2D eigenvalue weighted by atomic mass is 16.2. The Hall–Kier alpha value is -3.16. The maximum absolute atomic E-state index is 12.7. The molecule has 0 saturated carbocycles. The number of nitrogens with one attached hydrogen (secondary N) is 2. The van der Waals surface area contributed by atoms with Gasteiger partial charge in [0, 0.05) is 25.7 Å². The van der Waals surface area contributed by atoms with Crippen LogP contribution in [0.15, 0.2) is 27.8 Å². The molecule has 1 aliphatic heterocycles. The van der Waals surface area contributed by atoms with Crippen LogP contribution < -0.4 is 21.9 Å². The number of fused-ring (bicyclic) bond motifs is 1. The molecule has 2 N–H and O–H groups in total. The third-order valence-corrected chi connectivity index (χ3v) is 5.27. The number of benzene rings is 1. The van der Waals surface area contributed by atoms with E-state index in [0.29, 0.717) is 12.2 Å². The molecule has 0 spiro atoms. The fraction of sp³-hybridized carbons (Fsp3) is 0.429. The molecule has 29 heavy (non-hydrogen) atoms. The summed E-state index contributed by atoms with van der Waals surface area (Å²) in [5, 5.41) is 5.47. The average molecular weight is 398 g/mol. The van der Waals surface area contributed by atoms with Gasteiger partial charge in [0.25, 0.3) is 5.56 Å². The van der Waals surface area contributed by atoms with Crippen molar-refractivity contribution in [3.63, 3.8) is 0 Å². The van der Waals surface area contributed by atoms with Crippen molar-refractivity contribution in [2.24, 2.45) is 7.05 Å². The van der Waals surface area contributed by atoms with Gasteiger partial charge in [-0.2, -0.15) is 0 Å². The molecule has 0 unspecified atom stereocenters. The van der Waals surface area contributed by atoms with Crippen LogP contribution in [-0.2, 0) is 23.2 Å². The Morgan fingerprint density at radius 2 is 1.93 bits per heavy atom. The molecule has 8 nitrogen and oxygen atoms in total. The van der Waals surface area contributed by atoms with E-state index in [-0.39, 0.29) is 23.7 Å². The minimum Gasteiger partial charge on any atom is -0.326 e. The highest BCUT2D eigenvalue weighted by molar-refractivity contribution is 6.05. The number of carbonyl (C=O) groups is 2. The minimum absolute atomic E-state index is 0.173. The number of aromatic nitrogens is 2. The molecule has 154 valence electrons. The number of nitrogens with zero attached hydrogens (tertiary/aromatic N) is 2. The molecule has 0 bridgehead atoms. The number of anilines is 2. The first-order chi connectivity index (χ1) is 13.7. The number of amides is 2. The molecule has 0 aliphatic carbocycles. The first-order valence-corrected chi connectivity index (χ1v) is 9.76. The zero-order chi connectivity index (χ0) is 21.3. The molecular formula is C21H26N4O4. The second kappa shape index (κ2) is 8.06. The predicted molar refractivity (Wildman–Crippen MR) is 111 cm³/mol. The van der Waals surface area contributed by atoms with E-state index in [1.165, 1.54) is 11.6 Å². The molecule has 1 aliphatic rings. The highest BCUT2D eigenvalue weighted by Gasteiger charge is 2.38. The van der Waals surface area contributed by atoms with Gasteiger partial charge in [-0.15, -0.1) is 0 Å². The van der Waals surface area contributed by atoms with Gasteiger partial charge in [-0.05, 0) is 31.9 Å². The Morgan fingerprint density at radius 3 is 2.59 bits per heavy atom. The van der Waals surface area contributed by atoms with Gasteiger partial charge in [-0.25, -0.2) is 4.79 Å². The zero-order valence-electron chi connectivity index (χ0n) is 17.2. The van der Waals surface area contributed by atoms with Crippen LogP contribution in [0.3, 0.4) is 0 Å². The number of unbranched alkanes of at least 4 members (excludes halogenated alkanes) is 1. The van der Waals surface area contributed by atoms with Crippen molar-refractivity contribution in [1.29, 1.82) is 0 Å². The van der Waals surface area contributed by atoms with Crippen LogP contribution >= 0.6 is 0 Å². The van der Waals surface area contributed by atoms with E-state index in [9.17, 15) is 19.2 Å². The van der Waals surface area contributed by atoms with Gasteiger partial charge < -0.3 is 10.6 Å². The van der Waals surface area contributed by atoms with E-state index in [4.69, 9.17) is 0 Å². The van der Waals surface area contributed by atoms with E-state index < -0.39 is 23.1 Å². The second-order valence-electron chi connectivity index (χ2n) is 7.53. The Balaban J connectivity index is 1.92. The van der Waals surface area contributed by atoms with Crippen LogP contribution in [-0.4, -0.2) is 20.9 Å². The monoisotopic (exact) mass is 398 g/mol. The fourth-order valence-electron chi connectivity index (χ4n) is 3.63. The lowest BCUT2D eigenvalue weighted by Gasteiger charge is -2.14. The average Bonchev–Trinajstić information content (AvgIpc) is 2.98. The summed E-state index contributed by atoms with van der Waals surface area (Å²) in [7, 11) is 1.39.